The van der Waals surface area contributed by atoms with E-state index in [1.54, 1.807) is 18.2 Å². The van der Waals surface area contributed by atoms with Gasteiger partial charge in [-0.05, 0) is 24.3 Å². The van der Waals surface area contributed by atoms with Gasteiger partial charge in [0.25, 0.3) is 30.4 Å². The van der Waals surface area contributed by atoms with E-state index in [2.05, 4.69) is 20.8 Å². The number of nitrogen functional groups attached to an aromatic ring is 1. The average Bonchev–Trinajstić information content (AvgIpc) is 2.80. The minimum absolute atomic E-state index is 0. The van der Waals surface area contributed by atoms with Gasteiger partial charge >= 0.3 is 17.1 Å². The van der Waals surface area contributed by atoms with Gasteiger partial charge in [-0.1, -0.05) is 42.1 Å². The van der Waals surface area contributed by atoms with Crippen molar-refractivity contribution in [3.8, 4) is 5.75 Å². The number of hydrogen-bond donors (Lipinski definition) is 5. The van der Waals surface area contributed by atoms with Gasteiger partial charge in [0.2, 0.25) is 0 Å². The molecule has 15 nitrogen and oxygen atoms in total. The predicted octanol–water partition coefficient (Wildman–Crippen LogP) is 2.86. The molecule has 0 radical (unpaired) electrons. The van der Waals surface area contributed by atoms with Crippen LogP contribution < -0.4 is 5.73 Å². The summed E-state index contributed by atoms with van der Waals surface area (Å²) < 4.78 is 97.2. The van der Waals surface area contributed by atoms with Crippen molar-refractivity contribution < 1.29 is 61.1 Å². The van der Waals surface area contributed by atoms with Gasteiger partial charge in [-0.25, -0.2) is 0 Å². The first-order valence-electron chi connectivity index (χ1n) is 9.52. The fourth-order valence-corrected chi connectivity index (χ4v) is 4.36. The summed E-state index contributed by atoms with van der Waals surface area (Å²) in [5.74, 6) is -1.05. The molecule has 38 heavy (non-hydrogen) atoms. The van der Waals surface area contributed by atoms with E-state index >= 15 is 0 Å². The maximum absolute atomic E-state index is 11.7. The molecule has 0 aliphatic heterocycles. The maximum Gasteiger partial charge on any atom is 1.00 e. The summed E-state index contributed by atoms with van der Waals surface area (Å²) in [6.45, 7) is 0. The van der Waals surface area contributed by atoms with Crippen molar-refractivity contribution in [2.24, 2.45) is 15.3 Å². The first-order chi connectivity index (χ1) is 17.1. The van der Waals surface area contributed by atoms with E-state index in [9.17, 15) is 44.0 Å². The van der Waals surface area contributed by atoms with Gasteiger partial charge in [-0.3, -0.25) is 13.7 Å². The second-order valence-electron chi connectivity index (χ2n) is 7.02. The Morgan fingerprint density at radius 2 is 1.39 bits per heavy atom. The third-order valence-corrected chi connectivity index (χ3v) is 7.02. The topological polar surface area (TPSA) is 261 Å². The molecule has 19 heteroatoms. The van der Waals surface area contributed by atoms with Crippen LogP contribution in [0.3, 0.4) is 0 Å². The number of phenolic OH excluding ortho intramolecular Hbond substituents is 1. The van der Waals surface area contributed by atoms with Crippen LogP contribution in [0.25, 0.3) is 5.43 Å². The molecule has 0 amide bonds. The van der Waals surface area contributed by atoms with Crippen molar-refractivity contribution >= 4 is 53.3 Å². The molecule has 0 aliphatic carbocycles. The molecule has 0 bridgehead atoms. The summed E-state index contributed by atoms with van der Waals surface area (Å²) in [6, 6.07) is 11.2. The molecule has 0 spiro atoms. The molecule has 0 aromatic heterocycles. The Bertz CT molecular complexity index is 1750. The Kier molecular flexibility index (Phi) is 9.35. The van der Waals surface area contributed by atoms with Crippen LogP contribution in [-0.2, 0) is 47.4 Å². The summed E-state index contributed by atoms with van der Waals surface area (Å²) in [5, 5.41) is 21.3. The van der Waals surface area contributed by atoms with Gasteiger partial charge in [-0.2, -0.15) is 25.3 Å². The standard InChI is InChI=1S/C19H16N5O10S3.Cu/c20-14-8-13(36(29,30)31)10-16(18(14)25)22-24-19(11-4-2-1-3-5-11)23-21-15-9-12(35(26,27)28)6-7-17(15)37(32,33)34;/h1-10H,(H6-,20,21,22,23,24,25,26,27,28,29,30,31,32,33,34);/q-1;+1. The van der Waals surface area contributed by atoms with Crippen LogP contribution in [0.15, 0.2) is 90.7 Å². The number of amidine groups is 1. The molecule has 0 atom stereocenters. The van der Waals surface area contributed by atoms with E-state index in [4.69, 9.17) is 5.73 Å². The van der Waals surface area contributed by atoms with Crippen molar-refractivity contribution in [2.45, 2.75) is 14.7 Å². The summed E-state index contributed by atoms with van der Waals surface area (Å²) in [6.07, 6.45) is 0. The SMILES string of the molecule is Nc1cc(S(=O)(=O)O)cc(N=N/C(=N\[N-]c2cc(S(=O)(=O)O)ccc2S(=O)(=O)O)c2ccccc2)c1O.[Cu+]. The number of aromatic hydroxyl groups is 1. The summed E-state index contributed by atoms with van der Waals surface area (Å²) in [4.78, 5) is -2.29. The number of phenols is 1. The smallest absolute Gasteiger partial charge is 0.573 e. The first kappa shape index (κ1) is 30.8. The van der Waals surface area contributed by atoms with Gasteiger partial charge in [0.05, 0.1) is 20.4 Å². The van der Waals surface area contributed by atoms with Crippen molar-refractivity contribution in [1.29, 1.82) is 0 Å². The molecule has 0 fully saturated rings. The predicted molar refractivity (Wildman–Crippen MR) is 129 cm³/mol. The molecule has 0 saturated carbocycles. The zero-order valence-corrected chi connectivity index (χ0v) is 21.8. The first-order valence-corrected chi connectivity index (χ1v) is 13.8. The number of hydrogen-bond acceptors (Lipinski definition) is 10. The molecule has 206 valence electrons. The molecule has 3 rings (SSSR count). The van der Waals surface area contributed by atoms with Crippen molar-refractivity contribution in [1.82, 2.24) is 0 Å². The number of azo groups is 1. The van der Waals surface area contributed by atoms with E-state index in [1.165, 1.54) is 12.1 Å². The quantitative estimate of drug-likeness (QED) is 0.0369. The van der Waals surface area contributed by atoms with Gasteiger partial charge in [0.1, 0.15) is 5.69 Å². The number of nitrogens with zero attached hydrogens (tertiary/aromatic N) is 4. The fraction of sp³-hybridized carbons (Fsp3) is 0. The van der Waals surface area contributed by atoms with E-state index < -0.39 is 67.9 Å². The third-order valence-electron chi connectivity index (χ3n) is 4.43. The molecule has 0 unspecified atom stereocenters. The summed E-state index contributed by atoms with van der Waals surface area (Å²) >= 11 is 0. The Morgan fingerprint density at radius 3 is 1.95 bits per heavy atom. The zero-order valence-electron chi connectivity index (χ0n) is 18.4. The third kappa shape index (κ3) is 7.55. The van der Waals surface area contributed by atoms with Crippen LogP contribution in [0, 0.1) is 0 Å². The largest absolute Gasteiger partial charge is 1.00 e. The van der Waals surface area contributed by atoms with Crippen LogP contribution in [0.5, 0.6) is 5.75 Å². The van der Waals surface area contributed by atoms with Gasteiger partial charge in [0, 0.05) is 5.56 Å². The van der Waals surface area contributed by atoms with Crippen molar-refractivity contribution in [2.75, 3.05) is 5.73 Å². The van der Waals surface area contributed by atoms with E-state index in [-0.39, 0.29) is 28.5 Å². The van der Waals surface area contributed by atoms with Crippen LogP contribution in [0.1, 0.15) is 5.56 Å². The van der Waals surface area contributed by atoms with E-state index in [0.717, 1.165) is 12.1 Å². The molecule has 6 N–H and O–H groups in total. The van der Waals surface area contributed by atoms with Gasteiger partial charge < -0.3 is 21.4 Å². The molecule has 0 saturated heterocycles. The Labute approximate surface area is 226 Å². The summed E-state index contributed by atoms with van der Waals surface area (Å²) in [7, 11) is -14.4. The number of nitrogens with two attached hydrogens (primary N) is 1. The molecule has 0 heterocycles. The Morgan fingerprint density at radius 1 is 0.789 bits per heavy atom. The van der Waals surface area contributed by atoms with E-state index in [0.29, 0.717) is 18.2 Å². The van der Waals surface area contributed by atoms with Crippen molar-refractivity contribution in [3.05, 3.63) is 71.7 Å². The van der Waals surface area contributed by atoms with Crippen LogP contribution in [-0.4, -0.2) is 49.9 Å². The summed E-state index contributed by atoms with van der Waals surface area (Å²) in [5.41, 5.74) is 7.75. The minimum Gasteiger partial charge on any atom is -0.573 e. The number of rotatable bonds is 7. The second-order valence-corrected chi connectivity index (χ2v) is 11.3. The molecule has 3 aromatic rings. The Balaban J connectivity index is 0.00000507. The number of benzene rings is 3. The van der Waals surface area contributed by atoms with Crippen molar-refractivity contribution in [3.63, 3.8) is 0 Å². The van der Waals surface area contributed by atoms with Crippen LogP contribution >= 0.6 is 0 Å². The maximum atomic E-state index is 11.7. The molecular formula is C19H16CuN5O10S3. The van der Waals surface area contributed by atoms with E-state index in [1.807, 2.05) is 0 Å². The normalized spacial score (nSPS) is 12.8. The average molecular weight is 634 g/mol. The van der Waals surface area contributed by atoms with Crippen LogP contribution in [0.2, 0.25) is 0 Å². The number of anilines is 1. The van der Waals surface area contributed by atoms with Crippen LogP contribution in [0.4, 0.5) is 17.1 Å². The second kappa shape index (κ2) is 11.5. The minimum atomic E-state index is -4.91. The fourth-order valence-electron chi connectivity index (χ4n) is 2.72. The molecular weight excluding hydrogens is 618 g/mol. The van der Waals surface area contributed by atoms with Gasteiger partial charge in [-0.15, -0.1) is 10.2 Å². The zero-order chi connectivity index (χ0) is 27.6. The molecule has 3 aromatic carbocycles. The Hall–Kier alpha value is -3.42. The molecule has 0 aliphatic rings. The monoisotopic (exact) mass is 633 g/mol. The van der Waals surface area contributed by atoms with Gasteiger partial charge in [0.15, 0.2) is 11.6 Å².